The molecule has 34 heavy (non-hydrogen) atoms. The smallest absolute Gasteiger partial charge is 0.223 e. The summed E-state index contributed by atoms with van der Waals surface area (Å²) in [5.74, 6) is 0.677. The third kappa shape index (κ3) is 5.31. The molecule has 2 heterocycles. The Morgan fingerprint density at radius 1 is 1.06 bits per heavy atom. The average molecular weight is 485 g/mol. The summed E-state index contributed by atoms with van der Waals surface area (Å²) in [6.07, 6.45) is 3.57. The number of nitrogens with zero attached hydrogens (tertiary/aromatic N) is 1. The number of hydrogen-bond donors (Lipinski definition) is 1. The van der Waals surface area contributed by atoms with E-state index in [4.69, 9.17) is 4.74 Å². The van der Waals surface area contributed by atoms with Crippen molar-refractivity contribution in [2.75, 3.05) is 13.1 Å². The van der Waals surface area contributed by atoms with Gasteiger partial charge < -0.3 is 10.1 Å². The summed E-state index contributed by atoms with van der Waals surface area (Å²) < 4.78 is 33.7. The van der Waals surface area contributed by atoms with Crippen molar-refractivity contribution in [3.8, 4) is 5.75 Å². The lowest BCUT2D eigenvalue weighted by molar-refractivity contribution is -0.127. The molecule has 0 bridgehead atoms. The molecule has 1 amide bonds. The Hall–Kier alpha value is -2.38. The van der Waals surface area contributed by atoms with E-state index in [2.05, 4.69) is 19.2 Å². The Balaban J connectivity index is 1.38. The first-order valence-corrected chi connectivity index (χ1v) is 14.0. The fraction of sp³-hybridized carbons (Fsp3) is 0.519. The number of benzene rings is 2. The summed E-state index contributed by atoms with van der Waals surface area (Å²) in [5, 5.41) is 3.28. The molecule has 2 aliphatic heterocycles. The number of amides is 1. The van der Waals surface area contributed by atoms with Gasteiger partial charge >= 0.3 is 0 Å². The Bertz CT molecular complexity index is 1100. The number of sulfonamides is 1. The van der Waals surface area contributed by atoms with Crippen LogP contribution in [-0.4, -0.2) is 37.3 Å². The van der Waals surface area contributed by atoms with Crippen LogP contribution in [-0.2, 0) is 20.6 Å². The van der Waals surface area contributed by atoms with Gasteiger partial charge in [0.15, 0.2) is 0 Å². The highest BCUT2D eigenvalue weighted by molar-refractivity contribution is 7.88. The molecule has 7 heteroatoms. The summed E-state index contributed by atoms with van der Waals surface area (Å²) in [4.78, 5) is 13.2. The zero-order valence-electron chi connectivity index (χ0n) is 20.4. The van der Waals surface area contributed by atoms with Gasteiger partial charge in [-0.15, -0.1) is 0 Å². The third-order valence-corrected chi connectivity index (χ3v) is 9.34. The number of fused-ring (bicyclic) bond motifs is 1. The summed E-state index contributed by atoms with van der Waals surface area (Å²) in [6, 6.07) is 15.4. The van der Waals surface area contributed by atoms with Crippen LogP contribution in [0.4, 0.5) is 0 Å². The Kier molecular flexibility index (Phi) is 7.33. The minimum atomic E-state index is -3.40. The molecular formula is C27H36N2O4S. The predicted molar refractivity (Wildman–Crippen MR) is 134 cm³/mol. The lowest BCUT2D eigenvalue weighted by Gasteiger charge is -2.42. The monoisotopic (exact) mass is 484 g/mol. The molecule has 0 aromatic heterocycles. The molecule has 2 aliphatic rings. The van der Waals surface area contributed by atoms with Gasteiger partial charge in [-0.25, -0.2) is 12.7 Å². The first kappa shape index (κ1) is 24.7. The third-order valence-electron chi connectivity index (χ3n) is 7.49. The Labute approximate surface area is 203 Å². The topological polar surface area (TPSA) is 75.7 Å². The summed E-state index contributed by atoms with van der Waals surface area (Å²) >= 11 is 0. The van der Waals surface area contributed by atoms with Gasteiger partial charge in [-0.2, -0.15) is 0 Å². The van der Waals surface area contributed by atoms with Crippen molar-refractivity contribution >= 4 is 15.9 Å². The second-order valence-corrected chi connectivity index (χ2v) is 11.7. The number of carbonyl (C=O) groups excluding carboxylic acids is 1. The molecule has 1 atom stereocenters. The van der Waals surface area contributed by atoms with Crippen LogP contribution < -0.4 is 10.1 Å². The van der Waals surface area contributed by atoms with Gasteiger partial charge in [-0.05, 0) is 44.2 Å². The van der Waals surface area contributed by atoms with Crippen LogP contribution in [0, 0.1) is 12.8 Å². The van der Waals surface area contributed by atoms with Gasteiger partial charge in [0.05, 0.1) is 11.8 Å². The number of rotatable bonds is 7. The molecule has 0 saturated carbocycles. The number of para-hydroxylation sites is 1. The van der Waals surface area contributed by atoms with E-state index in [1.807, 2.05) is 55.5 Å². The molecule has 1 N–H and O–H groups in total. The number of hydrogen-bond acceptors (Lipinski definition) is 4. The van der Waals surface area contributed by atoms with E-state index in [1.54, 1.807) is 4.31 Å². The van der Waals surface area contributed by atoms with E-state index >= 15 is 0 Å². The van der Waals surface area contributed by atoms with Crippen LogP contribution in [0.5, 0.6) is 5.75 Å². The normalized spacial score (nSPS) is 20.9. The maximum Gasteiger partial charge on any atom is 0.223 e. The van der Waals surface area contributed by atoms with E-state index in [0.29, 0.717) is 25.9 Å². The molecule has 0 aliphatic carbocycles. The lowest BCUT2D eigenvalue weighted by atomic mass is 9.83. The molecule has 6 nitrogen and oxygen atoms in total. The first-order chi connectivity index (χ1) is 16.2. The zero-order valence-corrected chi connectivity index (χ0v) is 21.2. The molecule has 2 aromatic rings. The minimum absolute atomic E-state index is 0.000874. The highest BCUT2D eigenvalue weighted by Crippen LogP contribution is 2.42. The van der Waals surface area contributed by atoms with Crippen LogP contribution in [0.15, 0.2) is 48.5 Å². The van der Waals surface area contributed by atoms with Crippen LogP contribution in [0.1, 0.15) is 68.7 Å². The van der Waals surface area contributed by atoms with Crippen LogP contribution in [0.2, 0.25) is 0 Å². The Morgan fingerprint density at radius 2 is 1.71 bits per heavy atom. The van der Waals surface area contributed by atoms with Crippen molar-refractivity contribution in [1.82, 2.24) is 9.62 Å². The van der Waals surface area contributed by atoms with Crippen molar-refractivity contribution in [3.63, 3.8) is 0 Å². The quantitative estimate of drug-likeness (QED) is 0.616. The van der Waals surface area contributed by atoms with Crippen molar-refractivity contribution < 1.29 is 17.9 Å². The molecule has 0 unspecified atom stereocenters. The van der Waals surface area contributed by atoms with E-state index in [0.717, 1.165) is 41.7 Å². The first-order valence-electron chi connectivity index (χ1n) is 12.4. The maximum absolute atomic E-state index is 13.2. The second kappa shape index (κ2) is 10.1. The van der Waals surface area contributed by atoms with E-state index in [9.17, 15) is 13.2 Å². The number of carbonyl (C=O) groups is 1. The van der Waals surface area contributed by atoms with Gasteiger partial charge in [0.1, 0.15) is 11.4 Å². The largest absolute Gasteiger partial charge is 0.487 e. The van der Waals surface area contributed by atoms with Gasteiger partial charge in [-0.3, -0.25) is 4.79 Å². The van der Waals surface area contributed by atoms with E-state index in [1.165, 1.54) is 0 Å². The standard InChI is InChI=1S/C27H36N2O4S/c1-4-27(5-2)18-24(23-8-6-7-9-25(23)33-27)28-26(30)22-14-16-29(17-15-22)34(31,32)19-21-12-10-20(3)11-13-21/h6-13,22,24H,4-5,14-19H2,1-3H3,(H,28,30)/t24-/m0/s1. The minimum Gasteiger partial charge on any atom is -0.487 e. The summed E-state index contributed by atoms with van der Waals surface area (Å²) in [7, 11) is -3.40. The fourth-order valence-corrected chi connectivity index (χ4v) is 6.67. The highest BCUT2D eigenvalue weighted by atomic mass is 32.2. The SMILES string of the molecule is CCC1(CC)C[C@H](NC(=O)C2CCN(S(=O)(=O)Cc3ccc(C)cc3)CC2)c2ccccc2O1. The highest BCUT2D eigenvalue weighted by Gasteiger charge is 2.40. The molecule has 2 aromatic carbocycles. The summed E-state index contributed by atoms with van der Waals surface area (Å²) in [5.41, 5.74) is 2.64. The van der Waals surface area contributed by atoms with Crippen molar-refractivity contribution in [1.29, 1.82) is 0 Å². The van der Waals surface area contributed by atoms with Crippen molar-refractivity contribution in [2.24, 2.45) is 5.92 Å². The Morgan fingerprint density at radius 3 is 2.35 bits per heavy atom. The zero-order chi connectivity index (χ0) is 24.3. The average Bonchev–Trinajstić information content (AvgIpc) is 2.85. The van der Waals surface area contributed by atoms with Crippen LogP contribution in [0.25, 0.3) is 0 Å². The molecule has 0 spiro atoms. The van der Waals surface area contributed by atoms with Crippen LogP contribution in [0.3, 0.4) is 0 Å². The molecule has 1 saturated heterocycles. The molecule has 4 rings (SSSR count). The molecular weight excluding hydrogens is 448 g/mol. The van der Waals surface area contributed by atoms with Crippen molar-refractivity contribution in [3.05, 3.63) is 65.2 Å². The van der Waals surface area contributed by atoms with E-state index in [-0.39, 0.29) is 29.2 Å². The van der Waals surface area contributed by atoms with Gasteiger partial charge in [0, 0.05) is 31.0 Å². The summed E-state index contributed by atoms with van der Waals surface area (Å²) in [6.45, 7) is 7.00. The van der Waals surface area contributed by atoms with Crippen molar-refractivity contribution in [2.45, 2.75) is 70.3 Å². The maximum atomic E-state index is 13.2. The molecule has 1 fully saturated rings. The molecule has 184 valence electrons. The van der Waals surface area contributed by atoms with Gasteiger partial charge in [0.25, 0.3) is 0 Å². The van der Waals surface area contributed by atoms with Gasteiger partial charge in [0.2, 0.25) is 15.9 Å². The predicted octanol–water partition coefficient (Wildman–Crippen LogP) is 4.74. The fourth-order valence-electron chi connectivity index (χ4n) is 5.10. The second-order valence-electron chi connectivity index (χ2n) is 9.71. The number of aryl methyl sites for hydroxylation is 1. The number of ether oxygens (including phenoxy) is 1. The number of piperidine rings is 1. The van der Waals surface area contributed by atoms with Crippen LogP contribution >= 0.6 is 0 Å². The lowest BCUT2D eigenvalue weighted by Crippen LogP contribution is -2.47. The number of nitrogens with one attached hydrogen (secondary N) is 1. The van der Waals surface area contributed by atoms with E-state index < -0.39 is 10.0 Å². The van der Waals surface area contributed by atoms with Gasteiger partial charge in [-0.1, -0.05) is 61.9 Å². The molecule has 0 radical (unpaired) electrons.